The molecule has 0 aliphatic heterocycles. The van der Waals surface area contributed by atoms with E-state index in [1.165, 1.54) is 6.08 Å². The number of sulfonamides is 1. The first-order valence-corrected chi connectivity index (χ1v) is 11.8. The molecule has 0 aromatic heterocycles. The van der Waals surface area contributed by atoms with Crippen molar-refractivity contribution in [3.8, 4) is 5.75 Å². The molecular weight excluding hydrogens is 400 g/mol. The normalized spacial score (nSPS) is 12.5. The van der Waals surface area contributed by atoms with E-state index in [0.717, 1.165) is 17.7 Å². The van der Waals surface area contributed by atoms with E-state index in [1.807, 2.05) is 31.2 Å². The minimum absolute atomic E-state index is 0.0455. The molecule has 0 saturated carbocycles. The minimum Gasteiger partial charge on any atom is -0.490 e. The van der Waals surface area contributed by atoms with Crippen LogP contribution in [0.25, 0.3) is 6.08 Å². The number of hydrogen-bond acceptors (Lipinski definition) is 4. The maximum atomic E-state index is 12.4. The molecular formula is C23H30N2O4S. The Kier molecular flexibility index (Phi) is 8.47. The van der Waals surface area contributed by atoms with Gasteiger partial charge in [0.15, 0.2) is 0 Å². The Balaban J connectivity index is 2.13. The smallest absolute Gasteiger partial charge is 0.248 e. The predicted octanol–water partition coefficient (Wildman–Crippen LogP) is 4.98. The van der Waals surface area contributed by atoms with Crippen LogP contribution in [-0.2, 0) is 14.8 Å². The second-order valence-electron chi connectivity index (χ2n) is 7.10. The number of nitrogens with one attached hydrogen (secondary N) is 2. The molecule has 2 N–H and O–H groups in total. The van der Waals surface area contributed by atoms with E-state index in [0.29, 0.717) is 23.4 Å². The van der Waals surface area contributed by atoms with Crippen LogP contribution in [0.3, 0.4) is 0 Å². The van der Waals surface area contributed by atoms with Gasteiger partial charge in [-0.1, -0.05) is 38.1 Å². The third-order valence-corrected chi connectivity index (χ3v) is 6.04. The number of rotatable bonds is 10. The van der Waals surface area contributed by atoms with Crippen molar-refractivity contribution in [1.29, 1.82) is 0 Å². The van der Waals surface area contributed by atoms with E-state index in [-0.39, 0.29) is 17.8 Å². The maximum absolute atomic E-state index is 12.4. The lowest BCUT2D eigenvalue weighted by atomic mass is 10.1. The Morgan fingerprint density at radius 2 is 1.80 bits per heavy atom. The van der Waals surface area contributed by atoms with Crippen LogP contribution in [0.15, 0.2) is 48.5 Å². The molecule has 6 nitrogen and oxygen atoms in total. The SMILES string of the molecule is CCCS(=O)(=O)Nc1cccc(NC(=O)/C=C/c2ccccc2OC(C)CC)c1C. The minimum atomic E-state index is -3.41. The summed E-state index contributed by atoms with van der Waals surface area (Å²) in [6, 6.07) is 12.6. The molecule has 0 aliphatic carbocycles. The van der Waals surface area contributed by atoms with Crippen molar-refractivity contribution in [1.82, 2.24) is 0 Å². The van der Waals surface area contributed by atoms with Crippen LogP contribution in [0.5, 0.6) is 5.75 Å². The molecule has 1 amide bonds. The molecule has 7 heteroatoms. The van der Waals surface area contributed by atoms with Gasteiger partial charge in [0.05, 0.1) is 17.5 Å². The Bertz CT molecular complexity index is 1000. The van der Waals surface area contributed by atoms with Crippen LogP contribution < -0.4 is 14.8 Å². The summed E-state index contributed by atoms with van der Waals surface area (Å²) in [4.78, 5) is 12.4. The Hall–Kier alpha value is -2.80. The third kappa shape index (κ3) is 6.91. The first-order valence-electron chi connectivity index (χ1n) is 10.1. The topological polar surface area (TPSA) is 84.5 Å². The van der Waals surface area contributed by atoms with E-state index in [2.05, 4.69) is 17.0 Å². The van der Waals surface area contributed by atoms with Gasteiger partial charge in [-0.2, -0.15) is 0 Å². The maximum Gasteiger partial charge on any atom is 0.248 e. The highest BCUT2D eigenvalue weighted by Gasteiger charge is 2.13. The lowest BCUT2D eigenvalue weighted by molar-refractivity contribution is -0.111. The van der Waals surface area contributed by atoms with Crippen molar-refractivity contribution >= 4 is 33.4 Å². The second kappa shape index (κ2) is 10.8. The van der Waals surface area contributed by atoms with Gasteiger partial charge in [0.1, 0.15) is 5.75 Å². The zero-order chi connectivity index (χ0) is 22.1. The zero-order valence-corrected chi connectivity index (χ0v) is 18.8. The predicted molar refractivity (Wildman–Crippen MR) is 123 cm³/mol. The summed E-state index contributed by atoms with van der Waals surface area (Å²) in [5, 5.41) is 2.81. The van der Waals surface area contributed by atoms with Gasteiger partial charge in [0, 0.05) is 17.3 Å². The highest BCUT2D eigenvalue weighted by atomic mass is 32.2. The fraction of sp³-hybridized carbons (Fsp3) is 0.348. The van der Waals surface area contributed by atoms with Gasteiger partial charge in [-0.25, -0.2) is 8.42 Å². The summed E-state index contributed by atoms with van der Waals surface area (Å²) in [5.74, 6) is 0.452. The molecule has 0 fully saturated rings. The molecule has 2 aromatic carbocycles. The standard InChI is InChI=1S/C23H30N2O4S/c1-5-16-30(27,28)25-21-12-9-11-20(18(21)4)24-23(26)15-14-19-10-7-8-13-22(19)29-17(3)6-2/h7-15,17,25H,5-6,16H2,1-4H3,(H,24,26)/b15-14+. The number of carbonyl (C=O) groups is 1. The summed E-state index contributed by atoms with van der Waals surface area (Å²) in [5.41, 5.74) is 2.47. The molecule has 30 heavy (non-hydrogen) atoms. The number of carbonyl (C=O) groups excluding carboxylic acids is 1. The van der Waals surface area contributed by atoms with Crippen LogP contribution in [0.2, 0.25) is 0 Å². The summed E-state index contributed by atoms with van der Waals surface area (Å²) in [6.07, 6.45) is 4.63. The fourth-order valence-electron chi connectivity index (χ4n) is 2.73. The average Bonchev–Trinajstić information content (AvgIpc) is 2.70. The number of anilines is 2. The van der Waals surface area contributed by atoms with Gasteiger partial charge in [-0.05, 0) is 56.5 Å². The van der Waals surface area contributed by atoms with Gasteiger partial charge in [0.25, 0.3) is 0 Å². The lowest BCUT2D eigenvalue weighted by Crippen LogP contribution is -2.17. The first-order chi connectivity index (χ1) is 14.3. The lowest BCUT2D eigenvalue weighted by Gasteiger charge is -2.15. The fourth-order valence-corrected chi connectivity index (χ4v) is 3.93. The summed E-state index contributed by atoms with van der Waals surface area (Å²) >= 11 is 0. The van der Waals surface area contributed by atoms with Gasteiger partial charge in [-0.3, -0.25) is 9.52 Å². The largest absolute Gasteiger partial charge is 0.490 e. The Morgan fingerprint density at radius 3 is 2.50 bits per heavy atom. The Labute approximate surface area is 179 Å². The van der Waals surface area contributed by atoms with E-state index in [4.69, 9.17) is 4.74 Å². The summed E-state index contributed by atoms with van der Waals surface area (Å²) < 4.78 is 32.6. The molecule has 0 radical (unpaired) electrons. The quantitative estimate of drug-likeness (QED) is 0.521. The van der Waals surface area contributed by atoms with Crippen LogP contribution >= 0.6 is 0 Å². The van der Waals surface area contributed by atoms with Crippen molar-refractivity contribution in [3.63, 3.8) is 0 Å². The van der Waals surface area contributed by atoms with Gasteiger partial charge in [-0.15, -0.1) is 0 Å². The summed E-state index contributed by atoms with van der Waals surface area (Å²) in [7, 11) is -3.41. The van der Waals surface area contributed by atoms with Crippen LogP contribution in [0.4, 0.5) is 11.4 Å². The van der Waals surface area contributed by atoms with E-state index in [9.17, 15) is 13.2 Å². The van der Waals surface area contributed by atoms with Crippen LogP contribution in [-0.4, -0.2) is 26.2 Å². The number of amides is 1. The van der Waals surface area contributed by atoms with E-state index in [1.54, 1.807) is 38.1 Å². The molecule has 162 valence electrons. The highest BCUT2D eigenvalue weighted by Crippen LogP contribution is 2.25. The molecule has 1 atom stereocenters. The van der Waals surface area contributed by atoms with Crippen LogP contribution in [0, 0.1) is 6.92 Å². The number of benzene rings is 2. The number of ether oxygens (including phenoxy) is 1. The van der Waals surface area contributed by atoms with Gasteiger partial charge in [0.2, 0.25) is 15.9 Å². The van der Waals surface area contributed by atoms with Crippen molar-refractivity contribution in [2.24, 2.45) is 0 Å². The molecule has 2 rings (SSSR count). The average molecular weight is 431 g/mol. The molecule has 0 bridgehead atoms. The molecule has 0 spiro atoms. The van der Waals surface area contributed by atoms with E-state index >= 15 is 0 Å². The van der Waals surface area contributed by atoms with Crippen molar-refractivity contribution in [3.05, 3.63) is 59.7 Å². The van der Waals surface area contributed by atoms with Crippen molar-refractivity contribution in [2.45, 2.75) is 46.6 Å². The monoisotopic (exact) mass is 430 g/mol. The highest BCUT2D eigenvalue weighted by molar-refractivity contribution is 7.92. The molecule has 0 aliphatic rings. The van der Waals surface area contributed by atoms with Crippen molar-refractivity contribution < 1.29 is 17.9 Å². The number of para-hydroxylation sites is 1. The van der Waals surface area contributed by atoms with Gasteiger partial charge >= 0.3 is 0 Å². The Morgan fingerprint density at radius 1 is 1.10 bits per heavy atom. The molecule has 0 heterocycles. The molecule has 2 aromatic rings. The number of hydrogen-bond donors (Lipinski definition) is 2. The van der Waals surface area contributed by atoms with Crippen molar-refractivity contribution in [2.75, 3.05) is 15.8 Å². The van der Waals surface area contributed by atoms with E-state index < -0.39 is 10.0 Å². The first kappa shape index (κ1) is 23.5. The third-order valence-electron chi connectivity index (χ3n) is 4.57. The second-order valence-corrected chi connectivity index (χ2v) is 8.94. The van der Waals surface area contributed by atoms with Gasteiger partial charge < -0.3 is 10.1 Å². The molecule has 0 saturated heterocycles. The molecule has 1 unspecified atom stereocenters. The summed E-state index contributed by atoms with van der Waals surface area (Å²) in [6.45, 7) is 7.62. The zero-order valence-electron chi connectivity index (χ0n) is 17.9. The van der Waals surface area contributed by atoms with Crippen LogP contribution in [0.1, 0.15) is 44.7 Å².